The average Bonchev–Trinajstić information content (AvgIpc) is 3.03. The van der Waals surface area contributed by atoms with E-state index in [9.17, 15) is 4.79 Å². The molecule has 112 valence electrons. The predicted molar refractivity (Wildman–Crippen MR) is 77.6 cm³/mol. The fourth-order valence-corrected chi connectivity index (χ4v) is 2.78. The summed E-state index contributed by atoms with van der Waals surface area (Å²) in [7, 11) is 0. The third kappa shape index (κ3) is 3.60. The highest BCUT2D eigenvalue weighted by Gasteiger charge is 2.22. The standard InChI is InChI=1S/C15H25N3O2/c1-4-8-18(10-13-6-5-7-16-13)15(19)9-14-11(2)17-20-12(14)3/h13,16H,4-10H2,1-3H3. The Balaban J connectivity index is 1.99. The van der Waals surface area contributed by atoms with Crippen LogP contribution in [0.4, 0.5) is 0 Å². The predicted octanol–water partition coefficient (Wildman–Crippen LogP) is 1.82. The van der Waals surface area contributed by atoms with Crippen LogP contribution in [0, 0.1) is 13.8 Å². The van der Waals surface area contributed by atoms with Gasteiger partial charge in [-0.15, -0.1) is 0 Å². The summed E-state index contributed by atoms with van der Waals surface area (Å²) in [6, 6.07) is 0.454. The summed E-state index contributed by atoms with van der Waals surface area (Å²) in [6.07, 6.45) is 3.76. The van der Waals surface area contributed by atoms with E-state index in [0.29, 0.717) is 12.5 Å². The molecule has 1 N–H and O–H groups in total. The molecule has 20 heavy (non-hydrogen) atoms. The smallest absolute Gasteiger partial charge is 0.227 e. The molecular weight excluding hydrogens is 254 g/mol. The highest BCUT2D eigenvalue weighted by molar-refractivity contribution is 5.79. The molecule has 0 radical (unpaired) electrons. The van der Waals surface area contributed by atoms with Crippen LogP contribution in [-0.2, 0) is 11.2 Å². The molecule has 2 heterocycles. The van der Waals surface area contributed by atoms with Gasteiger partial charge in [-0.3, -0.25) is 4.79 Å². The number of carbonyl (C=O) groups is 1. The Morgan fingerprint density at radius 3 is 2.85 bits per heavy atom. The minimum atomic E-state index is 0.176. The van der Waals surface area contributed by atoms with E-state index in [1.54, 1.807) is 0 Å². The van der Waals surface area contributed by atoms with Crippen LogP contribution in [0.3, 0.4) is 0 Å². The Morgan fingerprint density at radius 1 is 1.50 bits per heavy atom. The lowest BCUT2D eigenvalue weighted by atomic mass is 10.1. The Morgan fingerprint density at radius 2 is 2.30 bits per heavy atom. The maximum atomic E-state index is 12.5. The Kier molecular flexibility index (Phi) is 5.17. The van der Waals surface area contributed by atoms with E-state index in [1.807, 2.05) is 18.7 Å². The molecule has 5 nitrogen and oxygen atoms in total. The van der Waals surface area contributed by atoms with Gasteiger partial charge in [0, 0.05) is 24.7 Å². The number of aryl methyl sites for hydroxylation is 2. The van der Waals surface area contributed by atoms with Crippen molar-refractivity contribution in [3.05, 3.63) is 17.0 Å². The molecule has 1 fully saturated rings. The van der Waals surface area contributed by atoms with Crippen molar-refractivity contribution >= 4 is 5.91 Å². The number of hydrogen-bond acceptors (Lipinski definition) is 4. The molecule has 0 aromatic carbocycles. The molecule has 1 atom stereocenters. The molecule has 1 aliphatic rings. The number of aromatic nitrogens is 1. The van der Waals surface area contributed by atoms with E-state index in [1.165, 1.54) is 12.8 Å². The molecule has 1 aromatic heterocycles. The number of carbonyl (C=O) groups excluding carboxylic acids is 1. The molecule has 0 bridgehead atoms. The normalized spacial score (nSPS) is 18.4. The zero-order valence-electron chi connectivity index (χ0n) is 12.7. The third-order valence-electron chi connectivity index (χ3n) is 3.96. The summed E-state index contributed by atoms with van der Waals surface area (Å²) >= 11 is 0. The SMILES string of the molecule is CCCN(CC1CCCN1)C(=O)Cc1c(C)noc1C. The van der Waals surface area contributed by atoms with E-state index in [2.05, 4.69) is 17.4 Å². The molecule has 1 saturated heterocycles. The fraction of sp³-hybridized carbons (Fsp3) is 0.733. The molecule has 1 aliphatic heterocycles. The number of rotatable bonds is 6. The number of nitrogens with one attached hydrogen (secondary N) is 1. The highest BCUT2D eigenvalue weighted by Crippen LogP contribution is 2.15. The first-order valence-corrected chi connectivity index (χ1v) is 7.54. The minimum Gasteiger partial charge on any atom is -0.361 e. The fourth-order valence-electron chi connectivity index (χ4n) is 2.78. The first-order valence-electron chi connectivity index (χ1n) is 7.54. The van der Waals surface area contributed by atoms with E-state index >= 15 is 0 Å². The Hall–Kier alpha value is -1.36. The quantitative estimate of drug-likeness (QED) is 0.863. The summed E-state index contributed by atoms with van der Waals surface area (Å²) in [4.78, 5) is 14.5. The van der Waals surface area contributed by atoms with Gasteiger partial charge in [0.1, 0.15) is 5.76 Å². The van der Waals surface area contributed by atoms with Gasteiger partial charge in [0.05, 0.1) is 12.1 Å². The summed E-state index contributed by atoms with van der Waals surface area (Å²) in [5.74, 6) is 0.932. The van der Waals surface area contributed by atoms with E-state index in [-0.39, 0.29) is 5.91 Å². The van der Waals surface area contributed by atoms with Crippen LogP contribution >= 0.6 is 0 Å². The second-order valence-corrected chi connectivity index (χ2v) is 5.61. The van der Waals surface area contributed by atoms with Gasteiger partial charge in [-0.2, -0.15) is 0 Å². The van der Waals surface area contributed by atoms with Gasteiger partial charge in [0.2, 0.25) is 5.91 Å². The maximum absolute atomic E-state index is 12.5. The second-order valence-electron chi connectivity index (χ2n) is 5.61. The molecule has 1 amide bonds. The first-order chi connectivity index (χ1) is 9.61. The van der Waals surface area contributed by atoms with Gasteiger partial charge in [0.25, 0.3) is 0 Å². The lowest BCUT2D eigenvalue weighted by Gasteiger charge is -2.25. The van der Waals surface area contributed by atoms with E-state index in [4.69, 9.17) is 4.52 Å². The summed E-state index contributed by atoms with van der Waals surface area (Å²) in [6.45, 7) is 8.57. The van der Waals surface area contributed by atoms with Crippen LogP contribution in [0.25, 0.3) is 0 Å². The number of amides is 1. The van der Waals surface area contributed by atoms with Crippen molar-refractivity contribution in [1.29, 1.82) is 0 Å². The van der Waals surface area contributed by atoms with Crippen molar-refractivity contribution in [3.8, 4) is 0 Å². The molecular formula is C15H25N3O2. The summed E-state index contributed by atoms with van der Waals surface area (Å²) < 4.78 is 5.14. The zero-order valence-corrected chi connectivity index (χ0v) is 12.7. The van der Waals surface area contributed by atoms with Crippen LogP contribution in [0.5, 0.6) is 0 Å². The van der Waals surface area contributed by atoms with Crippen LogP contribution < -0.4 is 5.32 Å². The van der Waals surface area contributed by atoms with Crippen molar-refractivity contribution in [3.63, 3.8) is 0 Å². The lowest BCUT2D eigenvalue weighted by molar-refractivity contribution is -0.130. The van der Waals surface area contributed by atoms with Crippen molar-refractivity contribution in [2.24, 2.45) is 0 Å². The van der Waals surface area contributed by atoms with Crippen molar-refractivity contribution in [2.45, 2.75) is 52.5 Å². The van der Waals surface area contributed by atoms with E-state index < -0.39 is 0 Å². The average molecular weight is 279 g/mol. The molecule has 5 heteroatoms. The number of nitrogens with zero attached hydrogens (tertiary/aromatic N) is 2. The molecule has 2 rings (SSSR count). The van der Waals surface area contributed by atoms with Crippen molar-refractivity contribution in [1.82, 2.24) is 15.4 Å². The van der Waals surface area contributed by atoms with Crippen LogP contribution in [-0.4, -0.2) is 41.6 Å². The van der Waals surface area contributed by atoms with Crippen LogP contribution in [0.2, 0.25) is 0 Å². The molecule has 0 spiro atoms. The van der Waals surface area contributed by atoms with Crippen molar-refractivity contribution in [2.75, 3.05) is 19.6 Å². The third-order valence-corrected chi connectivity index (χ3v) is 3.96. The van der Waals surface area contributed by atoms with Gasteiger partial charge >= 0.3 is 0 Å². The monoisotopic (exact) mass is 279 g/mol. The molecule has 1 unspecified atom stereocenters. The molecule has 0 saturated carbocycles. The topological polar surface area (TPSA) is 58.4 Å². The molecule has 1 aromatic rings. The maximum Gasteiger partial charge on any atom is 0.227 e. The van der Waals surface area contributed by atoms with Crippen LogP contribution in [0.1, 0.15) is 43.2 Å². The first kappa shape index (κ1) is 15.0. The Bertz CT molecular complexity index is 430. The van der Waals surface area contributed by atoms with Gasteiger partial charge in [-0.1, -0.05) is 12.1 Å². The zero-order chi connectivity index (χ0) is 14.5. The summed E-state index contributed by atoms with van der Waals surface area (Å²) in [5.41, 5.74) is 1.77. The van der Waals surface area contributed by atoms with Gasteiger partial charge in [-0.25, -0.2) is 0 Å². The molecule has 0 aliphatic carbocycles. The summed E-state index contributed by atoms with van der Waals surface area (Å²) in [5, 5.41) is 7.38. The van der Waals surface area contributed by atoms with Gasteiger partial charge < -0.3 is 14.7 Å². The highest BCUT2D eigenvalue weighted by atomic mass is 16.5. The lowest BCUT2D eigenvalue weighted by Crippen LogP contribution is -2.42. The van der Waals surface area contributed by atoms with Crippen LogP contribution in [0.15, 0.2) is 4.52 Å². The minimum absolute atomic E-state index is 0.176. The Labute approximate surface area is 120 Å². The largest absolute Gasteiger partial charge is 0.361 e. The van der Waals surface area contributed by atoms with E-state index in [0.717, 1.165) is 43.1 Å². The van der Waals surface area contributed by atoms with Gasteiger partial charge in [-0.05, 0) is 39.7 Å². The van der Waals surface area contributed by atoms with Gasteiger partial charge in [0.15, 0.2) is 0 Å². The number of hydrogen-bond donors (Lipinski definition) is 1. The second kappa shape index (κ2) is 6.88. The van der Waals surface area contributed by atoms with Crippen molar-refractivity contribution < 1.29 is 9.32 Å².